The lowest BCUT2D eigenvalue weighted by molar-refractivity contribution is -0.129. The highest BCUT2D eigenvalue weighted by molar-refractivity contribution is 7.92. The first-order valence-corrected chi connectivity index (χ1v) is 9.03. The number of hydrazine groups is 1. The summed E-state index contributed by atoms with van der Waals surface area (Å²) in [7, 11) is -3.34. The van der Waals surface area contributed by atoms with Crippen molar-refractivity contribution in [3.63, 3.8) is 0 Å². The molecule has 23 heavy (non-hydrogen) atoms. The second-order valence-electron chi connectivity index (χ2n) is 5.21. The lowest BCUT2D eigenvalue weighted by Crippen LogP contribution is -2.44. The largest absolute Gasteiger partial charge is 0.338 e. The zero-order valence-electron chi connectivity index (χ0n) is 12.8. The molecule has 1 aliphatic heterocycles. The minimum atomic E-state index is -3.34. The number of urea groups is 1. The monoisotopic (exact) mass is 340 g/mol. The molecule has 126 valence electrons. The summed E-state index contributed by atoms with van der Waals surface area (Å²) in [5, 5.41) is 3.86. The number of benzene rings is 1. The van der Waals surface area contributed by atoms with Crippen molar-refractivity contribution in [2.75, 3.05) is 22.3 Å². The fourth-order valence-electron chi connectivity index (χ4n) is 2.17. The molecule has 1 heterocycles. The quantitative estimate of drug-likeness (QED) is 0.729. The van der Waals surface area contributed by atoms with Gasteiger partial charge in [0.1, 0.15) is 0 Å². The van der Waals surface area contributed by atoms with Gasteiger partial charge in [-0.25, -0.2) is 18.6 Å². The van der Waals surface area contributed by atoms with Crippen LogP contribution in [0.3, 0.4) is 0 Å². The molecule has 3 amide bonds. The van der Waals surface area contributed by atoms with Crippen molar-refractivity contribution in [2.24, 2.45) is 0 Å². The summed E-state index contributed by atoms with van der Waals surface area (Å²) in [6, 6.07) is 5.76. The maximum atomic E-state index is 11.8. The molecular weight excluding hydrogens is 320 g/mol. The fourth-order valence-corrected chi connectivity index (χ4v) is 3.30. The molecule has 0 bridgehead atoms. The van der Waals surface area contributed by atoms with E-state index < -0.39 is 16.1 Å². The van der Waals surface area contributed by atoms with E-state index in [4.69, 9.17) is 0 Å². The molecule has 1 aliphatic rings. The number of carbonyl (C=O) groups excluding carboxylic acids is 2. The lowest BCUT2D eigenvalue weighted by atomic mass is 10.3. The SMILES string of the molecule is CCCS(=O)(=O)Nc1ccc(NC(=O)NN2CCCC2=O)cc1. The molecule has 1 aromatic rings. The topological polar surface area (TPSA) is 108 Å². The van der Waals surface area contributed by atoms with E-state index in [0.717, 1.165) is 6.42 Å². The Morgan fingerprint density at radius 1 is 1.22 bits per heavy atom. The van der Waals surface area contributed by atoms with Gasteiger partial charge in [-0.15, -0.1) is 0 Å². The summed E-state index contributed by atoms with van der Waals surface area (Å²) in [5.74, 6) is -0.0555. The second-order valence-corrected chi connectivity index (χ2v) is 7.06. The van der Waals surface area contributed by atoms with Crippen molar-refractivity contribution < 1.29 is 18.0 Å². The van der Waals surface area contributed by atoms with Crippen molar-refractivity contribution in [3.8, 4) is 0 Å². The average molecular weight is 340 g/mol. The number of hydrogen-bond acceptors (Lipinski definition) is 4. The predicted molar refractivity (Wildman–Crippen MR) is 87.2 cm³/mol. The highest BCUT2D eigenvalue weighted by Crippen LogP contribution is 2.15. The van der Waals surface area contributed by atoms with Gasteiger partial charge in [0.15, 0.2) is 0 Å². The Hall–Kier alpha value is -2.29. The van der Waals surface area contributed by atoms with Gasteiger partial charge < -0.3 is 5.32 Å². The smallest absolute Gasteiger partial charge is 0.307 e. The third-order valence-corrected chi connectivity index (χ3v) is 4.69. The zero-order valence-corrected chi connectivity index (χ0v) is 13.6. The van der Waals surface area contributed by atoms with Crippen LogP contribution >= 0.6 is 0 Å². The van der Waals surface area contributed by atoms with Crippen LogP contribution in [0.4, 0.5) is 16.2 Å². The van der Waals surface area contributed by atoms with Crippen LogP contribution < -0.4 is 15.5 Å². The lowest BCUT2D eigenvalue weighted by Gasteiger charge is -2.17. The van der Waals surface area contributed by atoms with Gasteiger partial charge in [0, 0.05) is 24.3 Å². The van der Waals surface area contributed by atoms with Crippen molar-refractivity contribution in [1.29, 1.82) is 0 Å². The summed E-state index contributed by atoms with van der Waals surface area (Å²) < 4.78 is 25.8. The van der Waals surface area contributed by atoms with Crippen LogP contribution in [0.15, 0.2) is 24.3 Å². The van der Waals surface area contributed by atoms with Crippen LogP contribution in [0, 0.1) is 0 Å². The Balaban J connectivity index is 1.89. The molecule has 1 aromatic carbocycles. The Morgan fingerprint density at radius 3 is 2.43 bits per heavy atom. The fraction of sp³-hybridized carbons (Fsp3) is 0.429. The number of amides is 3. The maximum Gasteiger partial charge on any atom is 0.338 e. The van der Waals surface area contributed by atoms with Gasteiger partial charge in [0.05, 0.1) is 5.75 Å². The molecule has 0 aromatic heterocycles. The molecule has 1 fully saturated rings. The van der Waals surface area contributed by atoms with E-state index in [9.17, 15) is 18.0 Å². The molecule has 0 aliphatic carbocycles. The van der Waals surface area contributed by atoms with Crippen LogP contribution in [0.5, 0.6) is 0 Å². The van der Waals surface area contributed by atoms with Gasteiger partial charge in [-0.3, -0.25) is 14.5 Å². The first-order chi connectivity index (χ1) is 10.9. The van der Waals surface area contributed by atoms with Gasteiger partial charge >= 0.3 is 6.03 Å². The van der Waals surface area contributed by atoms with E-state index in [0.29, 0.717) is 30.8 Å². The third kappa shape index (κ3) is 5.13. The summed E-state index contributed by atoms with van der Waals surface area (Å²) in [4.78, 5) is 23.2. The van der Waals surface area contributed by atoms with E-state index in [1.807, 2.05) is 0 Å². The number of sulfonamides is 1. The minimum absolute atomic E-state index is 0.0548. The highest BCUT2D eigenvalue weighted by atomic mass is 32.2. The molecule has 0 saturated carbocycles. The van der Waals surface area contributed by atoms with E-state index in [1.165, 1.54) is 5.01 Å². The number of anilines is 2. The van der Waals surface area contributed by atoms with Crippen molar-refractivity contribution in [3.05, 3.63) is 24.3 Å². The van der Waals surface area contributed by atoms with E-state index in [-0.39, 0.29) is 11.7 Å². The molecule has 0 radical (unpaired) electrons. The van der Waals surface area contributed by atoms with Gasteiger partial charge in [0.2, 0.25) is 15.9 Å². The van der Waals surface area contributed by atoms with Crippen LogP contribution in [0.2, 0.25) is 0 Å². The molecular formula is C14H20N4O4S. The van der Waals surface area contributed by atoms with E-state index in [2.05, 4.69) is 15.5 Å². The van der Waals surface area contributed by atoms with Gasteiger partial charge in [-0.05, 0) is 37.1 Å². The molecule has 2 rings (SSSR count). The zero-order chi connectivity index (χ0) is 16.9. The van der Waals surface area contributed by atoms with Crippen LogP contribution in [-0.4, -0.2) is 37.7 Å². The van der Waals surface area contributed by atoms with Crippen LogP contribution in [-0.2, 0) is 14.8 Å². The number of nitrogens with zero attached hydrogens (tertiary/aromatic N) is 1. The molecule has 0 unspecified atom stereocenters. The summed E-state index contributed by atoms with van der Waals surface area (Å²) in [5.41, 5.74) is 3.39. The minimum Gasteiger partial charge on any atom is -0.307 e. The second kappa shape index (κ2) is 7.32. The van der Waals surface area contributed by atoms with Crippen molar-refractivity contribution >= 4 is 33.3 Å². The van der Waals surface area contributed by atoms with Gasteiger partial charge in [0.25, 0.3) is 0 Å². The van der Waals surface area contributed by atoms with E-state index >= 15 is 0 Å². The maximum absolute atomic E-state index is 11.8. The van der Waals surface area contributed by atoms with Gasteiger partial charge in [-0.2, -0.15) is 0 Å². The number of nitrogens with one attached hydrogen (secondary N) is 3. The first-order valence-electron chi connectivity index (χ1n) is 7.38. The Morgan fingerprint density at radius 2 is 1.87 bits per heavy atom. The highest BCUT2D eigenvalue weighted by Gasteiger charge is 2.21. The summed E-state index contributed by atoms with van der Waals surface area (Å²) in [6.07, 6.45) is 1.70. The average Bonchev–Trinajstić information content (AvgIpc) is 2.86. The Bertz CT molecular complexity index is 673. The first kappa shape index (κ1) is 17.1. The molecule has 0 atom stereocenters. The molecule has 0 spiro atoms. The molecule has 3 N–H and O–H groups in total. The van der Waals surface area contributed by atoms with E-state index in [1.54, 1.807) is 31.2 Å². The molecule has 8 nitrogen and oxygen atoms in total. The number of carbonyl (C=O) groups is 2. The summed E-state index contributed by atoms with van der Waals surface area (Å²) >= 11 is 0. The molecule has 1 saturated heterocycles. The Labute approximate surface area is 135 Å². The van der Waals surface area contributed by atoms with Crippen molar-refractivity contribution in [1.82, 2.24) is 10.4 Å². The normalized spacial score (nSPS) is 14.7. The van der Waals surface area contributed by atoms with Crippen LogP contribution in [0.1, 0.15) is 26.2 Å². The predicted octanol–water partition coefficient (Wildman–Crippen LogP) is 1.50. The number of rotatable bonds is 6. The summed E-state index contributed by atoms with van der Waals surface area (Å²) in [6.45, 7) is 2.29. The van der Waals surface area contributed by atoms with Crippen molar-refractivity contribution in [2.45, 2.75) is 26.2 Å². The standard InChI is InChI=1S/C14H20N4O4S/c1-2-10-23(21,22)17-12-7-5-11(6-8-12)15-14(20)16-18-9-3-4-13(18)19/h5-8,17H,2-4,9-10H2,1H3,(H2,15,16,20). The number of hydrogen-bond donors (Lipinski definition) is 3. The Kier molecular flexibility index (Phi) is 5.43. The molecule has 9 heteroatoms. The van der Waals surface area contributed by atoms with Gasteiger partial charge in [-0.1, -0.05) is 6.92 Å². The van der Waals surface area contributed by atoms with Crippen LogP contribution in [0.25, 0.3) is 0 Å². The third-order valence-electron chi connectivity index (χ3n) is 3.20.